The van der Waals surface area contributed by atoms with Crippen molar-refractivity contribution < 1.29 is 4.79 Å². The van der Waals surface area contributed by atoms with Gasteiger partial charge < -0.3 is 4.90 Å². The van der Waals surface area contributed by atoms with E-state index in [1.807, 2.05) is 24.3 Å². The van der Waals surface area contributed by atoms with Crippen LogP contribution in [-0.2, 0) is 0 Å². The van der Waals surface area contributed by atoms with Gasteiger partial charge >= 0.3 is 0 Å². The first-order valence-corrected chi connectivity index (χ1v) is 7.23. The van der Waals surface area contributed by atoms with Crippen LogP contribution in [0.4, 0.5) is 0 Å². The molecule has 1 aliphatic rings. The molecule has 0 saturated heterocycles. The zero-order valence-corrected chi connectivity index (χ0v) is 12.5. The van der Waals surface area contributed by atoms with Crippen LogP contribution in [0, 0.1) is 9.49 Å². The van der Waals surface area contributed by atoms with Gasteiger partial charge in [0.1, 0.15) is 0 Å². The van der Waals surface area contributed by atoms with Crippen molar-refractivity contribution >= 4 is 28.5 Å². The molecule has 0 bridgehead atoms. The number of rotatable bonds is 4. The molecule has 0 heterocycles. The second-order valence-electron chi connectivity index (χ2n) is 5.06. The van der Waals surface area contributed by atoms with E-state index in [1.165, 1.54) is 12.8 Å². The maximum atomic E-state index is 12.5. The summed E-state index contributed by atoms with van der Waals surface area (Å²) in [6.45, 7) is 5.20. The molecule has 0 aliphatic heterocycles. The third-order valence-electron chi connectivity index (χ3n) is 2.91. The van der Waals surface area contributed by atoms with E-state index in [1.54, 1.807) is 0 Å². The largest absolute Gasteiger partial charge is 0.335 e. The lowest BCUT2D eigenvalue weighted by atomic mass is 10.1. The third kappa shape index (κ3) is 3.21. The monoisotopic (exact) mass is 343 g/mol. The Labute approximate surface area is 117 Å². The quantitative estimate of drug-likeness (QED) is 0.766. The van der Waals surface area contributed by atoms with E-state index in [0.29, 0.717) is 12.0 Å². The molecule has 2 nitrogen and oxygen atoms in total. The van der Waals surface area contributed by atoms with E-state index in [-0.39, 0.29) is 5.91 Å². The first-order valence-electron chi connectivity index (χ1n) is 6.15. The van der Waals surface area contributed by atoms with Crippen LogP contribution >= 0.6 is 22.6 Å². The molecule has 92 valence electrons. The highest BCUT2D eigenvalue weighted by Crippen LogP contribution is 2.29. The number of benzene rings is 1. The van der Waals surface area contributed by atoms with Gasteiger partial charge in [0.25, 0.3) is 5.91 Å². The molecule has 0 aromatic heterocycles. The topological polar surface area (TPSA) is 20.3 Å². The van der Waals surface area contributed by atoms with Crippen LogP contribution in [0.2, 0.25) is 0 Å². The summed E-state index contributed by atoms with van der Waals surface area (Å²) in [5, 5.41) is 0. The molecule has 2 rings (SSSR count). The summed E-state index contributed by atoms with van der Waals surface area (Å²) in [6.07, 6.45) is 2.34. The Kier molecular flexibility index (Phi) is 4.07. The van der Waals surface area contributed by atoms with E-state index in [0.717, 1.165) is 15.7 Å². The summed E-state index contributed by atoms with van der Waals surface area (Å²) in [6, 6.07) is 8.33. The van der Waals surface area contributed by atoms with Gasteiger partial charge in [-0.15, -0.1) is 0 Å². The van der Waals surface area contributed by atoms with E-state index in [9.17, 15) is 4.79 Å². The second kappa shape index (κ2) is 5.38. The minimum atomic E-state index is 0.200. The number of amides is 1. The molecule has 17 heavy (non-hydrogen) atoms. The Morgan fingerprint density at radius 3 is 2.59 bits per heavy atom. The number of hydrogen-bond acceptors (Lipinski definition) is 1. The van der Waals surface area contributed by atoms with Crippen LogP contribution in [0.5, 0.6) is 0 Å². The highest BCUT2D eigenvalue weighted by atomic mass is 127. The highest BCUT2D eigenvalue weighted by Gasteiger charge is 2.33. The molecular weight excluding hydrogens is 325 g/mol. The van der Waals surface area contributed by atoms with Crippen LogP contribution in [0.3, 0.4) is 0 Å². The Hall–Kier alpha value is -0.580. The molecule has 0 N–H and O–H groups in total. The summed E-state index contributed by atoms with van der Waals surface area (Å²) in [4.78, 5) is 14.6. The van der Waals surface area contributed by atoms with Crippen LogP contribution in [-0.4, -0.2) is 23.4 Å². The van der Waals surface area contributed by atoms with Crippen LogP contribution in [0.15, 0.2) is 24.3 Å². The van der Waals surface area contributed by atoms with Crippen LogP contribution in [0.25, 0.3) is 0 Å². The van der Waals surface area contributed by atoms with Crippen molar-refractivity contribution in [3.05, 3.63) is 33.4 Å². The van der Waals surface area contributed by atoms with Gasteiger partial charge in [0.2, 0.25) is 0 Å². The Morgan fingerprint density at radius 2 is 2.06 bits per heavy atom. The summed E-state index contributed by atoms with van der Waals surface area (Å²) in [5.74, 6) is 0.729. The van der Waals surface area contributed by atoms with Crippen LogP contribution < -0.4 is 0 Å². The maximum absolute atomic E-state index is 12.5. The van der Waals surface area contributed by atoms with Crippen molar-refractivity contribution in [2.75, 3.05) is 6.54 Å². The smallest absolute Gasteiger partial charge is 0.255 e. The molecular formula is C14H18INO. The Balaban J connectivity index is 2.19. The van der Waals surface area contributed by atoms with Crippen molar-refractivity contribution in [3.8, 4) is 0 Å². The summed E-state index contributed by atoms with van der Waals surface area (Å²) >= 11 is 2.24. The average molecular weight is 343 g/mol. The van der Waals surface area contributed by atoms with Crippen molar-refractivity contribution in [2.24, 2.45) is 5.92 Å². The van der Waals surface area contributed by atoms with Gasteiger partial charge in [0.15, 0.2) is 0 Å². The molecule has 0 spiro atoms. The first kappa shape index (κ1) is 12.9. The summed E-state index contributed by atoms with van der Waals surface area (Å²) in [5.41, 5.74) is 0.848. The van der Waals surface area contributed by atoms with E-state index >= 15 is 0 Å². The highest BCUT2D eigenvalue weighted by molar-refractivity contribution is 14.1. The predicted molar refractivity (Wildman–Crippen MR) is 78.1 cm³/mol. The molecule has 0 radical (unpaired) electrons. The van der Waals surface area contributed by atoms with Gasteiger partial charge in [-0.05, 0) is 53.5 Å². The maximum Gasteiger partial charge on any atom is 0.255 e. The predicted octanol–water partition coefficient (Wildman–Crippen LogP) is 3.55. The summed E-state index contributed by atoms with van der Waals surface area (Å²) in [7, 11) is 0. The van der Waals surface area contributed by atoms with Crippen molar-refractivity contribution in [1.29, 1.82) is 0 Å². The van der Waals surface area contributed by atoms with Crippen molar-refractivity contribution in [1.82, 2.24) is 4.90 Å². The number of carbonyl (C=O) groups is 1. The standard InChI is InChI=1S/C14H18INO/c1-10(2)9-16(11-7-8-11)14(17)12-5-3-4-6-13(12)15/h3-6,10-11H,7-9H2,1-2H3. The van der Waals surface area contributed by atoms with Gasteiger partial charge in [-0.25, -0.2) is 0 Å². The molecule has 1 amide bonds. The van der Waals surface area contributed by atoms with Gasteiger partial charge in [0, 0.05) is 16.2 Å². The lowest BCUT2D eigenvalue weighted by Crippen LogP contribution is -2.36. The lowest BCUT2D eigenvalue weighted by Gasteiger charge is -2.25. The number of carbonyl (C=O) groups excluding carboxylic acids is 1. The average Bonchev–Trinajstić information content (AvgIpc) is 3.09. The molecule has 1 saturated carbocycles. The van der Waals surface area contributed by atoms with Crippen molar-refractivity contribution in [3.63, 3.8) is 0 Å². The molecule has 3 heteroatoms. The number of halogens is 1. The minimum Gasteiger partial charge on any atom is -0.335 e. The van der Waals surface area contributed by atoms with Gasteiger partial charge in [-0.3, -0.25) is 4.79 Å². The van der Waals surface area contributed by atoms with Crippen LogP contribution in [0.1, 0.15) is 37.0 Å². The number of hydrogen-bond donors (Lipinski definition) is 0. The molecule has 1 aliphatic carbocycles. The molecule has 0 atom stereocenters. The van der Waals surface area contributed by atoms with Gasteiger partial charge in [-0.1, -0.05) is 26.0 Å². The Morgan fingerprint density at radius 1 is 1.41 bits per heavy atom. The third-order valence-corrected chi connectivity index (χ3v) is 3.86. The zero-order chi connectivity index (χ0) is 12.4. The van der Waals surface area contributed by atoms with Gasteiger partial charge in [0.05, 0.1) is 5.56 Å². The summed E-state index contributed by atoms with van der Waals surface area (Å²) < 4.78 is 1.05. The SMILES string of the molecule is CC(C)CN(C(=O)c1ccccc1I)C1CC1. The van der Waals surface area contributed by atoms with E-state index < -0.39 is 0 Å². The Bertz CT molecular complexity index is 412. The lowest BCUT2D eigenvalue weighted by molar-refractivity contribution is 0.0721. The van der Waals surface area contributed by atoms with Crippen molar-refractivity contribution in [2.45, 2.75) is 32.7 Å². The minimum absolute atomic E-state index is 0.200. The fourth-order valence-electron chi connectivity index (χ4n) is 1.97. The molecule has 1 aromatic rings. The van der Waals surface area contributed by atoms with E-state index in [2.05, 4.69) is 41.3 Å². The van der Waals surface area contributed by atoms with E-state index in [4.69, 9.17) is 0 Å². The second-order valence-corrected chi connectivity index (χ2v) is 6.22. The molecule has 1 aromatic carbocycles. The first-order chi connectivity index (χ1) is 8.09. The number of nitrogens with zero attached hydrogens (tertiary/aromatic N) is 1. The molecule has 1 fully saturated rings. The fraction of sp³-hybridized carbons (Fsp3) is 0.500. The molecule has 0 unspecified atom stereocenters. The van der Waals surface area contributed by atoms with Gasteiger partial charge in [-0.2, -0.15) is 0 Å². The zero-order valence-electron chi connectivity index (χ0n) is 10.3. The fourth-order valence-corrected chi connectivity index (χ4v) is 2.58. The normalized spacial score (nSPS) is 15.1.